The number of thiol groups is 1. The molecular weight excluding hydrogens is 100 g/mol. The Bertz CT molecular complexity index is 61.9. The highest BCUT2D eigenvalue weighted by molar-refractivity contribution is 7.80. The van der Waals surface area contributed by atoms with Crippen molar-refractivity contribution in [1.82, 2.24) is 10.9 Å². The Balaban J connectivity index is 2.32. The minimum atomic E-state index is -0.0926. The maximum absolute atomic E-state index is 3.88. The smallest absolute Gasteiger partial charge is 0.176 e. The summed E-state index contributed by atoms with van der Waals surface area (Å²) in [5.41, 5.74) is 4.97. The first-order chi connectivity index (χ1) is 2.89. The van der Waals surface area contributed by atoms with Gasteiger partial charge >= 0.3 is 0 Å². The zero-order chi connectivity index (χ0) is 4.41. The molecule has 1 aliphatic rings. The van der Waals surface area contributed by atoms with E-state index in [-0.39, 0.29) is 5.50 Å². The molecule has 34 valence electrons. The van der Waals surface area contributed by atoms with Crippen molar-refractivity contribution in [2.24, 2.45) is 10.4 Å². The lowest BCUT2D eigenvalue weighted by Crippen LogP contribution is -2.23. The molecule has 0 amide bonds. The second-order valence-electron chi connectivity index (χ2n) is 0.861. The summed E-state index contributed by atoms with van der Waals surface area (Å²) in [5.74, 6) is 0. The number of hydrogen-bond donors (Lipinski definition) is 3. The van der Waals surface area contributed by atoms with Gasteiger partial charge < -0.3 is 0 Å². The summed E-state index contributed by atoms with van der Waals surface area (Å²) in [4.78, 5) is 0. The lowest BCUT2D eigenvalue weighted by Gasteiger charge is -1.93. The quantitative estimate of drug-likeness (QED) is 0.369. The van der Waals surface area contributed by atoms with Gasteiger partial charge in [-0.25, -0.2) is 0 Å². The van der Waals surface area contributed by atoms with Crippen LogP contribution in [0.5, 0.6) is 0 Å². The monoisotopic (exact) mass is 104 g/mol. The van der Waals surface area contributed by atoms with E-state index in [2.05, 4.69) is 33.9 Å². The molecule has 0 atom stereocenters. The molecule has 0 aliphatic carbocycles. The largest absolute Gasteiger partial charge is 0.257 e. The van der Waals surface area contributed by atoms with E-state index in [9.17, 15) is 0 Å². The number of nitrogens with one attached hydrogen (secondary N) is 2. The molecule has 2 N–H and O–H groups in total. The third kappa shape index (κ3) is 0.538. The molecule has 1 rings (SSSR count). The van der Waals surface area contributed by atoms with Crippen molar-refractivity contribution >= 4 is 12.6 Å². The molecule has 4 nitrogen and oxygen atoms in total. The Hall–Kier alpha value is -0.450. The fourth-order valence-electron chi connectivity index (χ4n) is 0.196. The number of nitrogens with zero attached hydrogens (tertiary/aromatic N) is 2. The van der Waals surface area contributed by atoms with Crippen LogP contribution in [0.4, 0.5) is 0 Å². The van der Waals surface area contributed by atoms with E-state index in [4.69, 9.17) is 0 Å². The highest BCUT2D eigenvalue weighted by Crippen LogP contribution is 1.88. The average molecular weight is 104 g/mol. The van der Waals surface area contributed by atoms with Crippen LogP contribution in [-0.4, -0.2) is 5.50 Å². The normalized spacial score (nSPS) is 20.2. The summed E-state index contributed by atoms with van der Waals surface area (Å²) >= 11 is 3.88. The molecule has 1 heterocycles. The highest BCUT2D eigenvalue weighted by Gasteiger charge is 1.99. The maximum atomic E-state index is 3.88. The van der Waals surface area contributed by atoms with Crippen LogP contribution in [0.1, 0.15) is 0 Å². The van der Waals surface area contributed by atoms with Crippen molar-refractivity contribution in [3.63, 3.8) is 0 Å². The van der Waals surface area contributed by atoms with Crippen LogP contribution in [0.3, 0.4) is 0 Å². The molecular formula is CH4N4S. The predicted molar refractivity (Wildman–Crippen MR) is 23.9 cm³/mol. The van der Waals surface area contributed by atoms with Crippen molar-refractivity contribution in [3.05, 3.63) is 0 Å². The van der Waals surface area contributed by atoms with E-state index in [0.29, 0.717) is 0 Å². The Morgan fingerprint density at radius 2 is 1.83 bits per heavy atom. The third-order valence-electron chi connectivity index (χ3n) is 0.410. The first-order valence-corrected chi connectivity index (χ1v) is 2.00. The van der Waals surface area contributed by atoms with Crippen LogP contribution in [0.25, 0.3) is 0 Å². The van der Waals surface area contributed by atoms with Crippen molar-refractivity contribution in [3.8, 4) is 0 Å². The Labute approximate surface area is 40.4 Å². The highest BCUT2D eigenvalue weighted by atomic mass is 32.1. The van der Waals surface area contributed by atoms with E-state index in [1.54, 1.807) is 0 Å². The van der Waals surface area contributed by atoms with Crippen molar-refractivity contribution in [1.29, 1.82) is 0 Å². The Kier molecular flexibility index (Phi) is 0.831. The summed E-state index contributed by atoms with van der Waals surface area (Å²) < 4.78 is 0. The topological polar surface area (TPSA) is 48.8 Å². The molecule has 0 saturated carbocycles. The van der Waals surface area contributed by atoms with Gasteiger partial charge in [0, 0.05) is 0 Å². The summed E-state index contributed by atoms with van der Waals surface area (Å²) in [5, 5.41) is 6.70. The van der Waals surface area contributed by atoms with Crippen LogP contribution in [0.2, 0.25) is 0 Å². The minimum Gasteiger partial charge on any atom is -0.257 e. The van der Waals surface area contributed by atoms with Crippen LogP contribution >= 0.6 is 12.6 Å². The summed E-state index contributed by atoms with van der Waals surface area (Å²) in [6.07, 6.45) is 0. The van der Waals surface area contributed by atoms with Crippen LogP contribution in [0, 0.1) is 0 Å². The second-order valence-corrected chi connectivity index (χ2v) is 1.38. The lowest BCUT2D eigenvalue weighted by atomic mass is 11.2. The third-order valence-corrected chi connectivity index (χ3v) is 0.641. The molecule has 0 aromatic rings. The van der Waals surface area contributed by atoms with Gasteiger partial charge in [-0.3, -0.25) is 10.9 Å². The molecule has 0 radical (unpaired) electrons. The van der Waals surface area contributed by atoms with E-state index >= 15 is 0 Å². The molecule has 0 aromatic carbocycles. The van der Waals surface area contributed by atoms with Gasteiger partial charge in [0.1, 0.15) is 0 Å². The summed E-state index contributed by atoms with van der Waals surface area (Å²) in [6, 6.07) is 0. The van der Waals surface area contributed by atoms with Crippen molar-refractivity contribution < 1.29 is 0 Å². The van der Waals surface area contributed by atoms with Crippen LogP contribution in [-0.2, 0) is 0 Å². The fraction of sp³-hybridized carbons (Fsp3) is 1.00. The summed E-state index contributed by atoms with van der Waals surface area (Å²) in [6.45, 7) is 0. The van der Waals surface area contributed by atoms with E-state index in [0.717, 1.165) is 0 Å². The van der Waals surface area contributed by atoms with E-state index in [1.165, 1.54) is 0 Å². The van der Waals surface area contributed by atoms with Crippen molar-refractivity contribution in [2.75, 3.05) is 0 Å². The Morgan fingerprint density at radius 1 is 1.33 bits per heavy atom. The zero-order valence-electron chi connectivity index (χ0n) is 2.92. The molecule has 5 heteroatoms. The van der Waals surface area contributed by atoms with Crippen LogP contribution in [0.15, 0.2) is 10.4 Å². The predicted octanol–water partition coefficient (Wildman–Crippen LogP) is -0.325. The molecule has 1 aliphatic heterocycles. The second kappa shape index (κ2) is 1.34. The molecule has 0 bridgehead atoms. The van der Waals surface area contributed by atoms with Gasteiger partial charge in [0.25, 0.3) is 0 Å². The number of rotatable bonds is 0. The van der Waals surface area contributed by atoms with Crippen molar-refractivity contribution in [2.45, 2.75) is 5.50 Å². The van der Waals surface area contributed by atoms with Gasteiger partial charge in [-0.2, -0.15) is 0 Å². The fourth-order valence-corrected chi connectivity index (χ4v) is 0.299. The van der Waals surface area contributed by atoms with Gasteiger partial charge in [0.2, 0.25) is 0 Å². The molecule has 0 unspecified atom stereocenters. The minimum absolute atomic E-state index is 0.0926. The van der Waals surface area contributed by atoms with Gasteiger partial charge in [0.15, 0.2) is 5.50 Å². The molecule has 0 fully saturated rings. The first kappa shape index (κ1) is 3.73. The molecule has 6 heavy (non-hydrogen) atoms. The lowest BCUT2D eigenvalue weighted by molar-refractivity contribution is 0.702. The summed E-state index contributed by atoms with van der Waals surface area (Å²) in [7, 11) is 0. The molecule has 0 spiro atoms. The van der Waals surface area contributed by atoms with E-state index in [1.807, 2.05) is 0 Å². The Morgan fingerprint density at radius 3 is 2.00 bits per heavy atom. The molecule has 0 aromatic heterocycles. The molecule has 0 saturated heterocycles. The van der Waals surface area contributed by atoms with Gasteiger partial charge in [0.05, 0.1) is 0 Å². The maximum Gasteiger partial charge on any atom is 0.176 e. The average Bonchev–Trinajstić information content (AvgIpc) is 1.86. The SMILES string of the molecule is SC1NN=NN1. The van der Waals surface area contributed by atoms with Gasteiger partial charge in [-0.1, -0.05) is 10.4 Å². The zero-order valence-corrected chi connectivity index (χ0v) is 3.81. The standard InChI is InChI=1S/CH4N4S/c6-1-2-4-5-3-1/h1,6H,(H,2,5)(H,3,4). The van der Waals surface area contributed by atoms with Gasteiger partial charge in [-0.15, -0.1) is 12.6 Å². The first-order valence-electron chi connectivity index (χ1n) is 1.48. The van der Waals surface area contributed by atoms with Crippen LogP contribution < -0.4 is 10.9 Å². The van der Waals surface area contributed by atoms with Gasteiger partial charge in [-0.05, 0) is 0 Å². The van der Waals surface area contributed by atoms with E-state index < -0.39 is 0 Å². The number of hydrogen-bond acceptors (Lipinski definition) is 5.